The van der Waals surface area contributed by atoms with E-state index >= 15 is 0 Å². The maximum Gasteiger partial charge on any atom is 0.220 e. The minimum atomic E-state index is -0.336. The normalized spacial score (nSPS) is 17.6. The average molecular weight is 255 g/mol. The van der Waals surface area contributed by atoms with Gasteiger partial charge in [0.1, 0.15) is 0 Å². The van der Waals surface area contributed by atoms with Crippen LogP contribution in [0.4, 0.5) is 0 Å². The smallest absolute Gasteiger partial charge is 0.220 e. The fourth-order valence-electron chi connectivity index (χ4n) is 2.11. The molecule has 2 amide bonds. The Morgan fingerprint density at radius 1 is 1.33 bits per heavy atom. The molecule has 5 heteroatoms. The van der Waals surface area contributed by atoms with E-state index in [0.717, 1.165) is 19.5 Å². The highest BCUT2D eigenvalue weighted by Crippen LogP contribution is 2.07. The lowest BCUT2D eigenvalue weighted by Gasteiger charge is -2.14. The second-order valence-electron chi connectivity index (χ2n) is 5.09. The lowest BCUT2D eigenvalue weighted by molar-refractivity contribution is -0.123. The molecule has 3 N–H and O–H groups in total. The Morgan fingerprint density at radius 2 is 2.00 bits per heavy atom. The first-order chi connectivity index (χ1) is 8.59. The van der Waals surface area contributed by atoms with E-state index in [1.54, 1.807) is 6.92 Å². The molecule has 0 aliphatic carbocycles. The highest BCUT2D eigenvalue weighted by atomic mass is 16.2. The molecule has 104 valence electrons. The molecule has 1 heterocycles. The van der Waals surface area contributed by atoms with E-state index in [1.807, 2.05) is 0 Å². The predicted molar refractivity (Wildman–Crippen MR) is 70.9 cm³/mol. The van der Waals surface area contributed by atoms with Crippen LogP contribution in [0.15, 0.2) is 0 Å². The second kappa shape index (κ2) is 8.08. The number of primary amides is 1. The van der Waals surface area contributed by atoms with E-state index in [9.17, 15) is 9.59 Å². The average Bonchev–Trinajstić information content (AvgIpc) is 2.84. The van der Waals surface area contributed by atoms with Crippen LogP contribution in [0, 0.1) is 5.92 Å². The van der Waals surface area contributed by atoms with E-state index in [4.69, 9.17) is 5.73 Å². The number of rotatable bonds is 8. The van der Waals surface area contributed by atoms with Gasteiger partial charge in [0, 0.05) is 18.9 Å². The number of nitrogens with one attached hydrogen (secondary N) is 1. The van der Waals surface area contributed by atoms with Gasteiger partial charge >= 0.3 is 0 Å². The van der Waals surface area contributed by atoms with Gasteiger partial charge in [-0.2, -0.15) is 0 Å². The molecule has 1 rings (SSSR count). The largest absolute Gasteiger partial charge is 0.369 e. The third-order valence-electron chi connectivity index (χ3n) is 3.46. The summed E-state index contributed by atoms with van der Waals surface area (Å²) in [5, 5.41) is 2.88. The first kappa shape index (κ1) is 15.0. The first-order valence-electron chi connectivity index (χ1n) is 6.88. The van der Waals surface area contributed by atoms with Gasteiger partial charge in [0.2, 0.25) is 11.8 Å². The summed E-state index contributed by atoms with van der Waals surface area (Å²) in [4.78, 5) is 24.7. The quantitative estimate of drug-likeness (QED) is 0.620. The summed E-state index contributed by atoms with van der Waals surface area (Å²) in [5.74, 6) is -0.540. The van der Waals surface area contributed by atoms with Crippen molar-refractivity contribution < 1.29 is 9.59 Å². The van der Waals surface area contributed by atoms with Crippen molar-refractivity contribution in [3.63, 3.8) is 0 Å². The highest BCUT2D eigenvalue weighted by Gasteiger charge is 2.12. The third-order valence-corrected chi connectivity index (χ3v) is 3.46. The van der Waals surface area contributed by atoms with Gasteiger partial charge in [-0.25, -0.2) is 0 Å². The van der Waals surface area contributed by atoms with E-state index in [-0.39, 0.29) is 17.7 Å². The van der Waals surface area contributed by atoms with Crippen molar-refractivity contribution in [1.82, 2.24) is 10.2 Å². The molecule has 0 aromatic rings. The molecule has 18 heavy (non-hydrogen) atoms. The molecule has 0 saturated carbocycles. The molecule has 0 radical (unpaired) electrons. The van der Waals surface area contributed by atoms with Gasteiger partial charge in [-0.1, -0.05) is 6.92 Å². The predicted octanol–water partition coefficient (Wildman–Crippen LogP) is 0.490. The van der Waals surface area contributed by atoms with Crippen molar-refractivity contribution >= 4 is 11.8 Å². The summed E-state index contributed by atoms with van der Waals surface area (Å²) in [5.41, 5.74) is 5.14. The lowest BCUT2D eigenvalue weighted by Crippen LogP contribution is -2.29. The maximum absolute atomic E-state index is 11.5. The summed E-state index contributed by atoms with van der Waals surface area (Å²) >= 11 is 0. The fourth-order valence-corrected chi connectivity index (χ4v) is 2.11. The molecule has 1 saturated heterocycles. The summed E-state index contributed by atoms with van der Waals surface area (Å²) in [7, 11) is 0. The Morgan fingerprint density at radius 3 is 2.61 bits per heavy atom. The Labute approximate surface area is 109 Å². The zero-order chi connectivity index (χ0) is 13.4. The van der Waals surface area contributed by atoms with Crippen LogP contribution in [0.25, 0.3) is 0 Å². The van der Waals surface area contributed by atoms with E-state index in [0.29, 0.717) is 12.8 Å². The zero-order valence-corrected chi connectivity index (χ0v) is 11.3. The van der Waals surface area contributed by atoms with Gasteiger partial charge in [0.05, 0.1) is 0 Å². The van der Waals surface area contributed by atoms with Crippen molar-refractivity contribution in [3.8, 4) is 0 Å². The number of hydrogen-bond donors (Lipinski definition) is 2. The summed E-state index contributed by atoms with van der Waals surface area (Å²) in [6.07, 6.45) is 4.52. The Bertz CT molecular complexity index is 275. The van der Waals surface area contributed by atoms with Crippen LogP contribution >= 0.6 is 0 Å². The lowest BCUT2D eigenvalue weighted by atomic mass is 10.1. The summed E-state index contributed by atoms with van der Waals surface area (Å²) < 4.78 is 0. The number of likely N-dealkylation sites (tertiary alicyclic amines) is 1. The number of nitrogens with zero attached hydrogens (tertiary/aromatic N) is 1. The third kappa shape index (κ3) is 6.00. The van der Waals surface area contributed by atoms with Crippen LogP contribution in [0.1, 0.15) is 39.0 Å². The van der Waals surface area contributed by atoms with Gasteiger partial charge in [0.25, 0.3) is 0 Å². The molecule has 0 unspecified atom stereocenters. The number of nitrogens with two attached hydrogens (primary N) is 1. The van der Waals surface area contributed by atoms with Gasteiger partial charge in [-0.15, -0.1) is 0 Å². The van der Waals surface area contributed by atoms with Crippen LogP contribution in [0.3, 0.4) is 0 Å². The van der Waals surface area contributed by atoms with Crippen molar-refractivity contribution in [2.45, 2.75) is 39.0 Å². The van der Waals surface area contributed by atoms with Crippen molar-refractivity contribution in [2.24, 2.45) is 11.7 Å². The van der Waals surface area contributed by atoms with E-state index in [2.05, 4.69) is 10.2 Å². The molecule has 1 aliphatic heterocycles. The van der Waals surface area contributed by atoms with Crippen LogP contribution in [0.2, 0.25) is 0 Å². The van der Waals surface area contributed by atoms with Crippen molar-refractivity contribution in [3.05, 3.63) is 0 Å². The first-order valence-corrected chi connectivity index (χ1v) is 6.88. The summed E-state index contributed by atoms with van der Waals surface area (Å²) in [6.45, 7) is 5.94. The van der Waals surface area contributed by atoms with Gasteiger partial charge in [0.15, 0.2) is 0 Å². The van der Waals surface area contributed by atoms with Gasteiger partial charge in [-0.3, -0.25) is 9.59 Å². The van der Waals surface area contributed by atoms with Gasteiger partial charge in [-0.05, 0) is 45.3 Å². The minimum Gasteiger partial charge on any atom is -0.369 e. The summed E-state index contributed by atoms with van der Waals surface area (Å²) in [6, 6.07) is 0. The molecule has 0 spiro atoms. The number of amides is 2. The molecule has 0 bridgehead atoms. The molecule has 1 atom stereocenters. The van der Waals surface area contributed by atoms with Crippen LogP contribution in [-0.2, 0) is 9.59 Å². The molecule has 5 nitrogen and oxygen atoms in total. The van der Waals surface area contributed by atoms with Gasteiger partial charge < -0.3 is 16.0 Å². The van der Waals surface area contributed by atoms with Crippen molar-refractivity contribution in [2.75, 3.05) is 26.2 Å². The molecular formula is C13H25N3O2. The Kier molecular flexibility index (Phi) is 6.72. The van der Waals surface area contributed by atoms with Crippen LogP contribution in [-0.4, -0.2) is 42.9 Å². The molecule has 1 fully saturated rings. The zero-order valence-electron chi connectivity index (χ0n) is 11.3. The second-order valence-corrected chi connectivity index (χ2v) is 5.09. The standard InChI is InChI=1S/C13H25N3O2/c1-11(13(14)18)5-6-12(17)15-7-4-10-16-8-2-3-9-16/h11H,2-10H2,1H3,(H2,14,18)(H,15,17)/t11-/m0/s1. The van der Waals surface area contributed by atoms with E-state index in [1.165, 1.54) is 25.9 Å². The maximum atomic E-state index is 11.5. The molecule has 1 aliphatic rings. The molecule has 0 aromatic carbocycles. The van der Waals surface area contributed by atoms with Crippen molar-refractivity contribution in [1.29, 1.82) is 0 Å². The minimum absolute atomic E-state index is 0.0181. The number of carbonyl (C=O) groups excluding carboxylic acids is 2. The SMILES string of the molecule is C[C@@H](CCC(=O)NCCCN1CCCC1)C(N)=O. The topological polar surface area (TPSA) is 75.4 Å². The highest BCUT2D eigenvalue weighted by molar-refractivity contribution is 5.79. The van der Waals surface area contributed by atoms with Crippen LogP contribution < -0.4 is 11.1 Å². The van der Waals surface area contributed by atoms with Crippen LogP contribution in [0.5, 0.6) is 0 Å². The van der Waals surface area contributed by atoms with E-state index < -0.39 is 0 Å². The molecular weight excluding hydrogens is 230 g/mol. The Hall–Kier alpha value is -1.10. The monoisotopic (exact) mass is 255 g/mol. The molecule has 0 aromatic heterocycles. The Balaban J connectivity index is 1.97. The number of carbonyl (C=O) groups is 2. The fraction of sp³-hybridized carbons (Fsp3) is 0.846. The number of hydrogen-bond acceptors (Lipinski definition) is 3.